The number of nitrogens with one attached hydrogen (secondary N) is 2. The van der Waals surface area contributed by atoms with Gasteiger partial charge in [-0.3, -0.25) is 9.59 Å². The highest BCUT2D eigenvalue weighted by Crippen LogP contribution is 2.35. The van der Waals surface area contributed by atoms with Crippen LogP contribution in [0.25, 0.3) is 0 Å². The Labute approximate surface area is 145 Å². The van der Waals surface area contributed by atoms with Crippen molar-refractivity contribution in [1.82, 2.24) is 5.32 Å². The van der Waals surface area contributed by atoms with Gasteiger partial charge in [-0.2, -0.15) is 0 Å². The van der Waals surface area contributed by atoms with Crippen molar-refractivity contribution in [1.29, 1.82) is 0 Å². The van der Waals surface area contributed by atoms with Crippen molar-refractivity contribution in [3.8, 4) is 0 Å². The van der Waals surface area contributed by atoms with E-state index in [0.29, 0.717) is 11.3 Å². The van der Waals surface area contributed by atoms with Gasteiger partial charge in [0.2, 0.25) is 5.91 Å². The van der Waals surface area contributed by atoms with Gasteiger partial charge in [0.1, 0.15) is 0 Å². The van der Waals surface area contributed by atoms with E-state index in [1.54, 1.807) is 18.2 Å². The number of hydrogen-bond donors (Lipinski definition) is 2. The summed E-state index contributed by atoms with van der Waals surface area (Å²) in [6, 6.07) is 5.08. The Morgan fingerprint density at radius 1 is 1.33 bits per heavy atom. The molecule has 1 aliphatic rings. The molecule has 130 valence electrons. The van der Waals surface area contributed by atoms with E-state index in [1.807, 2.05) is 20.8 Å². The van der Waals surface area contributed by atoms with Gasteiger partial charge in [-0.15, -0.1) is 11.8 Å². The highest BCUT2D eigenvalue weighted by atomic mass is 32.2. The van der Waals surface area contributed by atoms with Crippen LogP contribution in [-0.4, -0.2) is 35.7 Å². The number of anilines is 1. The standard InChI is InChI=1S/C17H22N2O4S/c1-4-12(5-2)18-15(20)9-23-17(22)11-6-7-14-13(8-11)19-16(21)10(3)24-14/h6-8,10,12H,4-5,9H2,1-3H3,(H,18,20)(H,19,21). The van der Waals surface area contributed by atoms with Gasteiger partial charge in [0.05, 0.1) is 16.5 Å². The molecule has 2 rings (SSSR count). The van der Waals surface area contributed by atoms with Crippen LogP contribution in [-0.2, 0) is 14.3 Å². The number of ether oxygens (including phenoxy) is 1. The smallest absolute Gasteiger partial charge is 0.338 e. The first-order chi connectivity index (χ1) is 11.4. The molecular weight excluding hydrogens is 328 g/mol. The number of benzene rings is 1. The third kappa shape index (κ3) is 4.50. The van der Waals surface area contributed by atoms with E-state index >= 15 is 0 Å². The maximum Gasteiger partial charge on any atom is 0.338 e. The maximum atomic E-state index is 12.1. The summed E-state index contributed by atoms with van der Waals surface area (Å²) in [5.74, 6) is -0.995. The normalized spacial score (nSPS) is 16.3. The summed E-state index contributed by atoms with van der Waals surface area (Å²) >= 11 is 1.44. The Morgan fingerprint density at radius 3 is 2.71 bits per heavy atom. The summed E-state index contributed by atoms with van der Waals surface area (Å²) in [6.07, 6.45) is 1.66. The van der Waals surface area contributed by atoms with Crippen molar-refractivity contribution in [2.45, 2.75) is 49.8 Å². The van der Waals surface area contributed by atoms with Crippen LogP contribution in [0.1, 0.15) is 44.0 Å². The van der Waals surface area contributed by atoms with E-state index in [4.69, 9.17) is 4.74 Å². The van der Waals surface area contributed by atoms with Gasteiger partial charge in [-0.1, -0.05) is 13.8 Å². The van der Waals surface area contributed by atoms with Crippen LogP contribution in [0, 0.1) is 0 Å². The lowest BCUT2D eigenvalue weighted by atomic mass is 10.2. The lowest BCUT2D eigenvalue weighted by molar-refractivity contribution is -0.125. The zero-order valence-electron chi connectivity index (χ0n) is 14.0. The fourth-order valence-corrected chi connectivity index (χ4v) is 3.24. The van der Waals surface area contributed by atoms with E-state index in [-0.39, 0.29) is 29.7 Å². The van der Waals surface area contributed by atoms with Gasteiger partial charge in [0, 0.05) is 10.9 Å². The van der Waals surface area contributed by atoms with Crippen molar-refractivity contribution in [3.63, 3.8) is 0 Å². The number of hydrogen-bond acceptors (Lipinski definition) is 5. The first-order valence-corrected chi connectivity index (χ1v) is 8.90. The van der Waals surface area contributed by atoms with Crippen LogP contribution in [0.5, 0.6) is 0 Å². The van der Waals surface area contributed by atoms with Crippen LogP contribution in [0.3, 0.4) is 0 Å². The Morgan fingerprint density at radius 2 is 2.04 bits per heavy atom. The first kappa shape index (κ1) is 18.3. The van der Waals surface area contributed by atoms with Crippen molar-refractivity contribution < 1.29 is 19.1 Å². The Bertz CT molecular complexity index is 643. The molecule has 0 spiro atoms. The second kappa shape index (κ2) is 8.19. The molecule has 0 saturated heterocycles. The molecule has 1 aromatic carbocycles. The van der Waals surface area contributed by atoms with Crippen molar-refractivity contribution in [2.24, 2.45) is 0 Å². The Kier molecular flexibility index (Phi) is 6.25. The summed E-state index contributed by atoms with van der Waals surface area (Å²) in [5, 5.41) is 5.41. The topological polar surface area (TPSA) is 84.5 Å². The van der Waals surface area contributed by atoms with Gasteiger partial charge in [0.15, 0.2) is 6.61 Å². The minimum atomic E-state index is -0.588. The van der Waals surface area contributed by atoms with E-state index in [0.717, 1.165) is 17.7 Å². The predicted molar refractivity (Wildman–Crippen MR) is 93.2 cm³/mol. The molecule has 0 aliphatic carbocycles. The molecule has 0 saturated carbocycles. The second-order valence-corrected chi connectivity index (χ2v) is 7.00. The highest BCUT2D eigenvalue weighted by Gasteiger charge is 2.24. The van der Waals surface area contributed by atoms with E-state index in [9.17, 15) is 14.4 Å². The van der Waals surface area contributed by atoms with E-state index in [2.05, 4.69) is 10.6 Å². The monoisotopic (exact) mass is 350 g/mol. The summed E-state index contributed by atoms with van der Waals surface area (Å²) in [6.45, 7) is 5.48. The largest absolute Gasteiger partial charge is 0.452 e. The van der Waals surface area contributed by atoms with E-state index < -0.39 is 5.97 Å². The number of amides is 2. The minimum Gasteiger partial charge on any atom is -0.452 e. The van der Waals surface area contributed by atoms with E-state index in [1.165, 1.54) is 11.8 Å². The molecular formula is C17H22N2O4S. The van der Waals surface area contributed by atoms with Crippen LogP contribution in [0.15, 0.2) is 23.1 Å². The maximum absolute atomic E-state index is 12.1. The van der Waals surface area contributed by atoms with Crippen LogP contribution >= 0.6 is 11.8 Å². The predicted octanol–water partition coefficient (Wildman–Crippen LogP) is 2.58. The third-order valence-electron chi connectivity index (χ3n) is 3.83. The molecule has 0 fully saturated rings. The van der Waals surface area contributed by atoms with Crippen molar-refractivity contribution in [2.75, 3.05) is 11.9 Å². The molecule has 2 N–H and O–H groups in total. The van der Waals surface area contributed by atoms with Crippen LogP contribution in [0.2, 0.25) is 0 Å². The zero-order valence-corrected chi connectivity index (χ0v) is 14.9. The van der Waals surface area contributed by atoms with Gasteiger partial charge < -0.3 is 15.4 Å². The first-order valence-electron chi connectivity index (χ1n) is 8.02. The summed E-state index contributed by atoms with van der Waals surface area (Å²) in [7, 11) is 0. The van der Waals surface area contributed by atoms with Gasteiger partial charge in [-0.25, -0.2) is 4.79 Å². The van der Waals surface area contributed by atoms with Crippen LogP contribution < -0.4 is 10.6 Å². The summed E-state index contributed by atoms with van der Waals surface area (Å²) < 4.78 is 5.05. The number of fused-ring (bicyclic) bond motifs is 1. The molecule has 0 aromatic heterocycles. The van der Waals surface area contributed by atoms with Crippen LogP contribution in [0.4, 0.5) is 5.69 Å². The average Bonchev–Trinajstić information content (AvgIpc) is 2.58. The number of thioether (sulfide) groups is 1. The zero-order chi connectivity index (χ0) is 17.7. The molecule has 1 aromatic rings. The van der Waals surface area contributed by atoms with Gasteiger partial charge in [-0.05, 0) is 38.0 Å². The lowest BCUT2D eigenvalue weighted by Crippen LogP contribution is -2.36. The van der Waals surface area contributed by atoms with Gasteiger partial charge in [0.25, 0.3) is 5.91 Å². The molecule has 2 amide bonds. The highest BCUT2D eigenvalue weighted by molar-refractivity contribution is 8.00. The second-order valence-electron chi connectivity index (χ2n) is 5.62. The minimum absolute atomic E-state index is 0.0918. The molecule has 6 nitrogen and oxygen atoms in total. The number of rotatable bonds is 6. The molecule has 24 heavy (non-hydrogen) atoms. The third-order valence-corrected chi connectivity index (χ3v) is 5.01. The molecule has 1 heterocycles. The summed E-state index contributed by atoms with van der Waals surface area (Å²) in [5.41, 5.74) is 0.901. The van der Waals surface area contributed by atoms with Crippen molar-refractivity contribution in [3.05, 3.63) is 23.8 Å². The SMILES string of the molecule is CCC(CC)NC(=O)COC(=O)c1ccc2c(c1)NC(=O)C(C)S2. The fraction of sp³-hybridized carbons (Fsp3) is 0.471. The molecule has 0 radical (unpaired) electrons. The number of carbonyl (C=O) groups is 3. The fourth-order valence-electron chi connectivity index (χ4n) is 2.31. The molecule has 1 atom stereocenters. The number of esters is 1. The number of carbonyl (C=O) groups excluding carboxylic acids is 3. The lowest BCUT2D eigenvalue weighted by Gasteiger charge is -2.21. The van der Waals surface area contributed by atoms with Gasteiger partial charge >= 0.3 is 5.97 Å². The molecule has 0 bridgehead atoms. The van der Waals surface area contributed by atoms with Crippen molar-refractivity contribution >= 4 is 35.2 Å². The Hall–Kier alpha value is -2.02. The molecule has 7 heteroatoms. The quantitative estimate of drug-likeness (QED) is 0.770. The molecule has 1 aliphatic heterocycles. The summed E-state index contributed by atoms with van der Waals surface area (Å²) in [4.78, 5) is 36.5. The average molecular weight is 350 g/mol. The Balaban J connectivity index is 1.95. The molecule has 1 unspecified atom stereocenters.